The number of nitriles is 1. The molecule has 0 aliphatic rings. The lowest BCUT2D eigenvalue weighted by atomic mass is 10.1. The summed E-state index contributed by atoms with van der Waals surface area (Å²) >= 11 is 0. The molecule has 0 atom stereocenters. The minimum atomic E-state index is -0.627. The third-order valence-corrected chi connectivity index (χ3v) is 4.30. The van der Waals surface area contributed by atoms with E-state index in [1.807, 2.05) is 44.2 Å². The van der Waals surface area contributed by atoms with Crippen molar-refractivity contribution in [2.75, 3.05) is 7.11 Å². The number of ether oxygens (including phenoxy) is 1. The molecule has 4 nitrogen and oxygen atoms in total. The van der Waals surface area contributed by atoms with Crippen LogP contribution >= 0.6 is 0 Å². The van der Waals surface area contributed by atoms with Gasteiger partial charge in [-0.2, -0.15) is 5.26 Å². The van der Waals surface area contributed by atoms with Gasteiger partial charge >= 0.3 is 5.97 Å². The molecular weight excluding hydrogens is 312 g/mol. The molecule has 0 aliphatic heterocycles. The number of hydrogen-bond acceptors (Lipinski definition) is 3. The van der Waals surface area contributed by atoms with Crippen LogP contribution in [0.5, 0.6) is 0 Å². The Bertz CT molecular complexity index is 1030. The van der Waals surface area contributed by atoms with Crippen LogP contribution in [0.25, 0.3) is 22.5 Å². The van der Waals surface area contributed by atoms with Gasteiger partial charge in [0.25, 0.3) is 0 Å². The molecule has 25 heavy (non-hydrogen) atoms. The number of carbonyl (C=O) groups excluding carboxylic acids is 1. The third-order valence-electron chi connectivity index (χ3n) is 4.30. The Hall–Kier alpha value is -3.32. The van der Waals surface area contributed by atoms with Crippen LogP contribution in [0.1, 0.15) is 17.0 Å². The molecular formula is C21H18N2O2. The number of benzene rings is 2. The van der Waals surface area contributed by atoms with E-state index in [1.165, 1.54) is 7.11 Å². The lowest BCUT2D eigenvalue weighted by Crippen LogP contribution is -2.03. The van der Waals surface area contributed by atoms with Crippen molar-refractivity contribution in [1.82, 2.24) is 4.57 Å². The quantitative estimate of drug-likeness (QED) is 0.408. The van der Waals surface area contributed by atoms with Crippen LogP contribution < -0.4 is 0 Å². The van der Waals surface area contributed by atoms with E-state index in [1.54, 1.807) is 6.08 Å². The standard InChI is InChI=1S/C21H18N2O2/c1-14-11-17(12-18(13-22)21(24)25-3)15(2)23(14)20-10-6-8-16-7-4-5-9-19(16)20/h4-12H,1-3H3/b18-12+. The van der Waals surface area contributed by atoms with E-state index >= 15 is 0 Å². The largest absolute Gasteiger partial charge is 0.465 e. The second kappa shape index (κ2) is 6.66. The number of nitrogens with zero attached hydrogens (tertiary/aromatic N) is 2. The van der Waals surface area contributed by atoms with Crippen LogP contribution in [-0.4, -0.2) is 17.6 Å². The van der Waals surface area contributed by atoms with Crippen molar-refractivity contribution in [3.8, 4) is 11.8 Å². The Kier molecular flexibility index (Phi) is 4.40. The molecule has 0 amide bonds. The highest BCUT2D eigenvalue weighted by atomic mass is 16.5. The number of hydrogen-bond donors (Lipinski definition) is 0. The summed E-state index contributed by atoms with van der Waals surface area (Å²) < 4.78 is 6.80. The van der Waals surface area contributed by atoms with Crippen LogP contribution in [0.3, 0.4) is 0 Å². The van der Waals surface area contributed by atoms with Gasteiger partial charge in [0.1, 0.15) is 11.6 Å². The van der Waals surface area contributed by atoms with Crippen molar-refractivity contribution in [3.05, 3.63) is 71.1 Å². The molecule has 0 saturated carbocycles. The fraction of sp³-hybridized carbons (Fsp3) is 0.143. The summed E-state index contributed by atoms with van der Waals surface area (Å²) in [5.74, 6) is -0.627. The van der Waals surface area contributed by atoms with Gasteiger partial charge in [-0.05, 0) is 43.0 Å². The fourth-order valence-electron chi connectivity index (χ4n) is 3.11. The van der Waals surface area contributed by atoms with E-state index in [-0.39, 0.29) is 5.57 Å². The summed E-state index contributed by atoms with van der Waals surface area (Å²) in [7, 11) is 1.27. The number of aryl methyl sites for hydroxylation is 1. The summed E-state index contributed by atoms with van der Waals surface area (Å²) in [6, 6.07) is 18.3. The van der Waals surface area contributed by atoms with E-state index < -0.39 is 5.97 Å². The third kappa shape index (κ3) is 2.92. The average Bonchev–Trinajstić information content (AvgIpc) is 2.91. The highest BCUT2D eigenvalue weighted by molar-refractivity contribution is 5.98. The molecule has 0 bridgehead atoms. The van der Waals surface area contributed by atoms with Crippen molar-refractivity contribution in [1.29, 1.82) is 5.26 Å². The van der Waals surface area contributed by atoms with Crippen LogP contribution in [0.2, 0.25) is 0 Å². The summed E-state index contributed by atoms with van der Waals surface area (Å²) in [5.41, 5.74) is 3.88. The maximum atomic E-state index is 11.7. The molecule has 4 heteroatoms. The van der Waals surface area contributed by atoms with Gasteiger partial charge in [0, 0.05) is 16.8 Å². The van der Waals surface area contributed by atoms with Crippen molar-refractivity contribution in [2.45, 2.75) is 13.8 Å². The number of rotatable bonds is 3. The van der Waals surface area contributed by atoms with Gasteiger partial charge in [-0.25, -0.2) is 4.79 Å². The minimum Gasteiger partial charge on any atom is -0.465 e. The number of fused-ring (bicyclic) bond motifs is 1. The first kappa shape index (κ1) is 16.5. The Balaban J connectivity index is 2.20. The van der Waals surface area contributed by atoms with Gasteiger partial charge in [0.05, 0.1) is 12.8 Å². The van der Waals surface area contributed by atoms with Crippen molar-refractivity contribution in [3.63, 3.8) is 0 Å². The second-order valence-electron chi connectivity index (χ2n) is 5.82. The van der Waals surface area contributed by atoms with E-state index in [0.29, 0.717) is 0 Å². The lowest BCUT2D eigenvalue weighted by Gasteiger charge is -2.13. The first-order chi connectivity index (χ1) is 12.1. The van der Waals surface area contributed by atoms with Gasteiger partial charge in [0.2, 0.25) is 0 Å². The average molecular weight is 330 g/mol. The first-order valence-electron chi connectivity index (χ1n) is 7.94. The predicted molar refractivity (Wildman–Crippen MR) is 98.4 cm³/mol. The summed E-state index contributed by atoms with van der Waals surface area (Å²) in [6.45, 7) is 3.99. The highest BCUT2D eigenvalue weighted by Gasteiger charge is 2.14. The molecule has 1 aromatic heterocycles. The summed E-state index contributed by atoms with van der Waals surface area (Å²) in [4.78, 5) is 11.7. The van der Waals surface area contributed by atoms with Crippen LogP contribution in [0.15, 0.2) is 54.1 Å². The van der Waals surface area contributed by atoms with Gasteiger partial charge in [-0.3, -0.25) is 0 Å². The first-order valence-corrected chi connectivity index (χ1v) is 7.94. The fourth-order valence-corrected chi connectivity index (χ4v) is 3.11. The van der Waals surface area contributed by atoms with Gasteiger partial charge < -0.3 is 9.30 Å². The van der Waals surface area contributed by atoms with E-state index in [9.17, 15) is 10.1 Å². The van der Waals surface area contributed by atoms with E-state index in [2.05, 4.69) is 33.6 Å². The zero-order valence-electron chi connectivity index (χ0n) is 14.4. The molecule has 0 radical (unpaired) electrons. The number of aromatic nitrogens is 1. The van der Waals surface area contributed by atoms with Crippen molar-refractivity contribution in [2.24, 2.45) is 0 Å². The van der Waals surface area contributed by atoms with Crippen LogP contribution in [0.4, 0.5) is 0 Å². The number of esters is 1. The Morgan fingerprint density at radius 2 is 1.88 bits per heavy atom. The molecule has 0 N–H and O–H groups in total. The molecule has 0 spiro atoms. The molecule has 0 unspecified atom stereocenters. The van der Waals surface area contributed by atoms with E-state index in [0.717, 1.165) is 33.4 Å². The molecule has 3 rings (SSSR count). The molecule has 124 valence electrons. The zero-order chi connectivity index (χ0) is 18.0. The Morgan fingerprint density at radius 1 is 1.16 bits per heavy atom. The van der Waals surface area contributed by atoms with Gasteiger partial charge in [-0.1, -0.05) is 36.4 Å². The van der Waals surface area contributed by atoms with Crippen LogP contribution in [-0.2, 0) is 9.53 Å². The topological polar surface area (TPSA) is 55.0 Å². The highest BCUT2D eigenvalue weighted by Crippen LogP contribution is 2.28. The Labute approximate surface area is 146 Å². The van der Waals surface area contributed by atoms with E-state index in [4.69, 9.17) is 0 Å². The van der Waals surface area contributed by atoms with Gasteiger partial charge in [0.15, 0.2) is 0 Å². The predicted octanol–water partition coefficient (Wildman–Crippen LogP) is 4.33. The summed E-state index contributed by atoms with van der Waals surface area (Å²) in [6.07, 6.45) is 1.58. The Morgan fingerprint density at radius 3 is 2.60 bits per heavy atom. The molecule has 2 aromatic carbocycles. The molecule has 1 heterocycles. The minimum absolute atomic E-state index is 0.0133. The van der Waals surface area contributed by atoms with Crippen molar-refractivity contribution >= 4 is 22.8 Å². The summed E-state index contributed by atoms with van der Waals surface area (Å²) in [5, 5.41) is 11.5. The molecule has 0 fully saturated rings. The molecule has 0 saturated heterocycles. The lowest BCUT2D eigenvalue weighted by molar-refractivity contribution is -0.135. The zero-order valence-corrected chi connectivity index (χ0v) is 14.4. The normalized spacial score (nSPS) is 11.4. The molecule has 0 aliphatic carbocycles. The maximum absolute atomic E-state index is 11.7. The van der Waals surface area contributed by atoms with Gasteiger partial charge in [-0.15, -0.1) is 0 Å². The smallest absolute Gasteiger partial charge is 0.348 e. The van der Waals surface area contributed by atoms with Crippen molar-refractivity contribution < 1.29 is 9.53 Å². The molecule has 3 aromatic rings. The number of carbonyl (C=O) groups is 1. The number of methoxy groups -OCH3 is 1. The monoisotopic (exact) mass is 330 g/mol. The SMILES string of the molecule is COC(=O)/C(C#N)=C/c1cc(C)n(-c2cccc3ccccc23)c1C. The maximum Gasteiger partial charge on any atom is 0.348 e. The van der Waals surface area contributed by atoms with Crippen LogP contribution in [0, 0.1) is 25.2 Å². The second-order valence-corrected chi connectivity index (χ2v) is 5.82.